The number of phenolic OH excluding ortho intramolecular Hbond substituents is 1. The Balaban J connectivity index is 2.73. The van der Waals surface area contributed by atoms with Crippen LogP contribution < -0.4 is 21.7 Å². The van der Waals surface area contributed by atoms with Crippen LogP contribution in [0.25, 0.3) is 0 Å². The first-order chi connectivity index (χ1) is 15.5. The molecular weight excluding hydrogens is 448 g/mol. The van der Waals surface area contributed by atoms with E-state index in [1.54, 1.807) is 12.1 Å². The van der Waals surface area contributed by atoms with Crippen LogP contribution in [-0.4, -0.2) is 70.6 Å². The molecule has 0 spiro atoms. The lowest BCUT2D eigenvalue weighted by Gasteiger charge is -2.22. The first-order valence-corrected chi connectivity index (χ1v) is 12.1. The fourth-order valence-electron chi connectivity index (χ4n) is 3.00. The van der Waals surface area contributed by atoms with Crippen LogP contribution in [-0.2, 0) is 25.6 Å². The van der Waals surface area contributed by atoms with Gasteiger partial charge < -0.3 is 31.9 Å². The maximum atomic E-state index is 12.8. The van der Waals surface area contributed by atoms with E-state index in [1.165, 1.54) is 23.9 Å². The molecule has 7 N–H and O–H groups in total. The van der Waals surface area contributed by atoms with Gasteiger partial charge in [-0.15, -0.1) is 0 Å². The highest BCUT2D eigenvalue weighted by atomic mass is 32.2. The SMILES string of the molecule is CSCCC(NC(=O)CNC(=O)C(N)CC(C)C)C(=O)NC(Cc1ccc(O)cc1)C(=O)O. The second-order valence-corrected chi connectivity index (χ2v) is 9.11. The monoisotopic (exact) mass is 482 g/mol. The van der Waals surface area contributed by atoms with Crippen LogP contribution in [0.3, 0.4) is 0 Å². The molecule has 3 unspecified atom stereocenters. The molecule has 3 atom stereocenters. The summed E-state index contributed by atoms with van der Waals surface area (Å²) in [5.74, 6) is -2.06. The van der Waals surface area contributed by atoms with E-state index in [2.05, 4.69) is 16.0 Å². The smallest absolute Gasteiger partial charge is 0.326 e. The molecule has 0 aliphatic carbocycles. The number of hydrogen-bond donors (Lipinski definition) is 6. The molecule has 0 saturated heterocycles. The quantitative estimate of drug-likeness (QED) is 0.219. The van der Waals surface area contributed by atoms with Gasteiger partial charge in [0.05, 0.1) is 12.6 Å². The summed E-state index contributed by atoms with van der Waals surface area (Å²) >= 11 is 1.47. The van der Waals surface area contributed by atoms with Crippen LogP contribution in [0.4, 0.5) is 0 Å². The number of aromatic hydroxyl groups is 1. The number of aliphatic carboxylic acids is 1. The predicted octanol–water partition coefficient (Wildman–Crippen LogP) is 0.232. The molecule has 0 fully saturated rings. The fourth-order valence-corrected chi connectivity index (χ4v) is 3.47. The van der Waals surface area contributed by atoms with Gasteiger partial charge in [0.2, 0.25) is 17.7 Å². The van der Waals surface area contributed by atoms with Gasteiger partial charge in [-0.3, -0.25) is 14.4 Å². The maximum absolute atomic E-state index is 12.8. The average molecular weight is 483 g/mol. The Labute approximate surface area is 198 Å². The van der Waals surface area contributed by atoms with Gasteiger partial charge in [-0.05, 0) is 48.5 Å². The van der Waals surface area contributed by atoms with Gasteiger partial charge in [0.1, 0.15) is 17.8 Å². The van der Waals surface area contributed by atoms with E-state index >= 15 is 0 Å². The zero-order valence-corrected chi connectivity index (χ0v) is 20.0. The molecule has 1 rings (SSSR count). The molecule has 33 heavy (non-hydrogen) atoms. The van der Waals surface area contributed by atoms with Crippen molar-refractivity contribution in [3.8, 4) is 5.75 Å². The number of amides is 3. The number of carbonyl (C=O) groups excluding carboxylic acids is 3. The number of rotatable bonds is 14. The highest BCUT2D eigenvalue weighted by Gasteiger charge is 2.27. The number of carboxylic acid groups (broad SMARTS) is 1. The third-order valence-electron chi connectivity index (χ3n) is 4.74. The molecule has 0 heterocycles. The zero-order valence-electron chi connectivity index (χ0n) is 19.2. The number of thioether (sulfide) groups is 1. The Kier molecular flexibility index (Phi) is 12.3. The third-order valence-corrected chi connectivity index (χ3v) is 5.38. The second kappa shape index (κ2) is 14.4. The predicted molar refractivity (Wildman–Crippen MR) is 127 cm³/mol. The van der Waals surface area contributed by atoms with Crippen molar-refractivity contribution in [2.75, 3.05) is 18.6 Å². The van der Waals surface area contributed by atoms with Crippen LogP contribution in [0.5, 0.6) is 5.75 Å². The lowest BCUT2D eigenvalue weighted by Crippen LogP contribution is -2.54. The molecular formula is C22H34N4O6S. The van der Waals surface area contributed by atoms with Crippen molar-refractivity contribution in [2.45, 2.75) is 51.2 Å². The number of nitrogens with one attached hydrogen (secondary N) is 3. The number of carbonyl (C=O) groups is 4. The number of benzene rings is 1. The standard InChI is InChI=1S/C22H34N4O6S/c1-13(2)10-16(23)20(29)24-12-19(28)25-17(8-9-33-3)21(30)26-18(22(31)32)11-14-4-6-15(27)7-5-14/h4-7,13,16-18,27H,8-12,23H2,1-3H3,(H,24,29)(H,25,28)(H,26,30)(H,31,32). The molecule has 0 bridgehead atoms. The maximum Gasteiger partial charge on any atom is 0.326 e. The number of phenols is 1. The second-order valence-electron chi connectivity index (χ2n) is 8.13. The minimum atomic E-state index is -1.22. The van der Waals surface area contributed by atoms with E-state index in [0.717, 1.165) is 0 Å². The highest BCUT2D eigenvalue weighted by molar-refractivity contribution is 7.98. The molecule has 10 nitrogen and oxygen atoms in total. The Hall–Kier alpha value is -2.79. The van der Waals surface area contributed by atoms with Gasteiger partial charge in [0.15, 0.2) is 0 Å². The van der Waals surface area contributed by atoms with Crippen molar-refractivity contribution < 1.29 is 29.4 Å². The molecule has 184 valence electrons. The van der Waals surface area contributed by atoms with E-state index in [1.807, 2.05) is 20.1 Å². The van der Waals surface area contributed by atoms with Gasteiger partial charge >= 0.3 is 5.97 Å². The summed E-state index contributed by atoms with van der Waals surface area (Å²) in [5, 5.41) is 26.4. The third kappa shape index (κ3) is 11.1. The van der Waals surface area contributed by atoms with Crippen LogP contribution in [0.15, 0.2) is 24.3 Å². The van der Waals surface area contributed by atoms with Crippen LogP contribution >= 0.6 is 11.8 Å². The summed E-state index contributed by atoms with van der Waals surface area (Å²) in [4.78, 5) is 48.8. The average Bonchev–Trinajstić information content (AvgIpc) is 2.75. The molecule has 1 aromatic carbocycles. The van der Waals surface area contributed by atoms with Gasteiger partial charge in [-0.1, -0.05) is 26.0 Å². The Bertz CT molecular complexity index is 803. The summed E-state index contributed by atoms with van der Waals surface area (Å²) in [6.45, 7) is 3.52. The van der Waals surface area contributed by atoms with Crippen molar-refractivity contribution in [3.63, 3.8) is 0 Å². The van der Waals surface area contributed by atoms with E-state index in [0.29, 0.717) is 17.7 Å². The van der Waals surface area contributed by atoms with Gasteiger partial charge in [-0.25, -0.2) is 4.79 Å². The Morgan fingerprint density at radius 1 is 1.03 bits per heavy atom. The summed E-state index contributed by atoms with van der Waals surface area (Å²) < 4.78 is 0. The van der Waals surface area contributed by atoms with Crippen molar-refractivity contribution in [1.82, 2.24) is 16.0 Å². The highest BCUT2D eigenvalue weighted by Crippen LogP contribution is 2.12. The van der Waals surface area contributed by atoms with Crippen molar-refractivity contribution >= 4 is 35.5 Å². The largest absolute Gasteiger partial charge is 0.508 e. The molecule has 0 aliphatic heterocycles. The lowest BCUT2D eigenvalue weighted by molar-refractivity contribution is -0.142. The molecule has 0 aliphatic rings. The van der Waals surface area contributed by atoms with E-state index in [9.17, 15) is 29.4 Å². The van der Waals surface area contributed by atoms with Crippen LogP contribution in [0.1, 0.15) is 32.3 Å². The minimum absolute atomic E-state index is 0.00828. The zero-order chi connectivity index (χ0) is 25.0. The van der Waals surface area contributed by atoms with Gasteiger partial charge in [0.25, 0.3) is 0 Å². The lowest BCUT2D eigenvalue weighted by atomic mass is 10.0. The van der Waals surface area contributed by atoms with Gasteiger partial charge in [0, 0.05) is 6.42 Å². The molecule has 0 radical (unpaired) electrons. The summed E-state index contributed by atoms with van der Waals surface area (Å²) in [6, 6.07) is 3.08. The Morgan fingerprint density at radius 2 is 1.67 bits per heavy atom. The van der Waals surface area contributed by atoms with Crippen LogP contribution in [0, 0.1) is 5.92 Å². The molecule has 11 heteroatoms. The minimum Gasteiger partial charge on any atom is -0.508 e. The molecule has 0 aromatic heterocycles. The van der Waals surface area contributed by atoms with Crippen molar-refractivity contribution in [3.05, 3.63) is 29.8 Å². The van der Waals surface area contributed by atoms with E-state index < -0.39 is 41.8 Å². The number of hydrogen-bond acceptors (Lipinski definition) is 7. The van der Waals surface area contributed by atoms with Crippen molar-refractivity contribution in [2.24, 2.45) is 11.7 Å². The van der Waals surface area contributed by atoms with Crippen LogP contribution in [0.2, 0.25) is 0 Å². The summed E-state index contributed by atoms with van der Waals surface area (Å²) in [6.07, 6.45) is 2.61. The summed E-state index contributed by atoms with van der Waals surface area (Å²) in [5.41, 5.74) is 6.41. The number of carboxylic acids is 1. The van der Waals surface area contributed by atoms with Crippen molar-refractivity contribution in [1.29, 1.82) is 0 Å². The molecule has 3 amide bonds. The number of nitrogens with two attached hydrogens (primary N) is 1. The Morgan fingerprint density at radius 3 is 2.21 bits per heavy atom. The fraction of sp³-hybridized carbons (Fsp3) is 0.545. The molecule has 1 aromatic rings. The first kappa shape index (κ1) is 28.2. The first-order valence-electron chi connectivity index (χ1n) is 10.7. The molecule has 0 saturated carbocycles. The van der Waals surface area contributed by atoms with E-state index in [4.69, 9.17) is 5.73 Å². The van der Waals surface area contributed by atoms with E-state index in [-0.39, 0.29) is 31.1 Å². The topological polar surface area (TPSA) is 171 Å². The van der Waals surface area contributed by atoms with Gasteiger partial charge in [-0.2, -0.15) is 11.8 Å². The summed E-state index contributed by atoms with van der Waals surface area (Å²) in [7, 11) is 0. The normalized spacial score (nSPS) is 13.6.